The van der Waals surface area contributed by atoms with Crippen molar-refractivity contribution in [2.45, 2.75) is 38.3 Å². The minimum atomic E-state index is 0.264. The summed E-state index contributed by atoms with van der Waals surface area (Å²) in [6.07, 6.45) is 3.86. The highest BCUT2D eigenvalue weighted by molar-refractivity contribution is 9.10. The number of piperidine rings is 1. The molecule has 0 aromatic heterocycles. The molecule has 0 bridgehead atoms. The second-order valence-corrected chi connectivity index (χ2v) is 6.08. The number of ether oxygens (including phenoxy) is 1. The zero-order valence-corrected chi connectivity index (χ0v) is 13.3. The van der Waals surface area contributed by atoms with Gasteiger partial charge in [-0.15, -0.1) is 0 Å². The third-order valence-corrected chi connectivity index (χ3v) is 4.76. The molecule has 0 radical (unpaired) electrons. The lowest BCUT2D eigenvalue weighted by Gasteiger charge is -2.39. The van der Waals surface area contributed by atoms with Gasteiger partial charge >= 0.3 is 0 Å². The van der Waals surface area contributed by atoms with Crippen LogP contribution in [-0.2, 0) is 0 Å². The lowest BCUT2D eigenvalue weighted by atomic mass is 9.97. The van der Waals surface area contributed by atoms with E-state index in [4.69, 9.17) is 10.5 Å². The first-order valence-electron chi connectivity index (χ1n) is 6.96. The van der Waals surface area contributed by atoms with Gasteiger partial charge in [0.1, 0.15) is 5.75 Å². The van der Waals surface area contributed by atoms with Gasteiger partial charge in [0, 0.05) is 23.1 Å². The Balaban J connectivity index is 2.30. The van der Waals surface area contributed by atoms with Crippen molar-refractivity contribution in [1.29, 1.82) is 0 Å². The number of methoxy groups -OCH3 is 1. The first-order valence-corrected chi connectivity index (χ1v) is 7.76. The van der Waals surface area contributed by atoms with Gasteiger partial charge in [0.05, 0.1) is 7.11 Å². The maximum Gasteiger partial charge on any atom is 0.119 e. The minimum Gasteiger partial charge on any atom is -0.497 e. The molecule has 4 heteroatoms. The second-order valence-electron chi connectivity index (χ2n) is 5.22. The molecule has 0 amide bonds. The number of benzene rings is 1. The number of nitrogens with zero attached hydrogens (tertiary/aromatic N) is 1. The molecule has 3 nitrogen and oxygen atoms in total. The fourth-order valence-corrected chi connectivity index (χ4v) is 3.44. The van der Waals surface area contributed by atoms with Gasteiger partial charge in [0.25, 0.3) is 0 Å². The number of rotatable bonds is 4. The molecular formula is C15H23BrN2O. The molecule has 1 aromatic carbocycles. The van der Waals surface area contributed by atoms with Crippen molar-refractivity contribution in [3.8, 4) is 5.75 Å². The normalized spacial score (nSPS) is 22.2. The number of hydrogen-bond donors (Lipinski definition) is 1. The van der Waals surface area contributed by atoms with Crippen LogP contribution in [0.2, 0.25) is 0 Å². The summed E-state index contributed by atoms with van der Waals surface area (Å²) in [6, 6.07) is 6.98. The molecule has 0 spiro atoms. The van der Waals surface area contributed by atoms with Crippen LogP contribution in [0.4, 0.5) is 0 Å². The predicted octanol–water partition coefficient (Wildman–Crippen LogP) is 3.33. The number of hydrogen-bond acceptors (Lipinski definition) is 3. The Morgan fingerprint density at radius 3 is 2.89 bits per heavy atom. The maximum atomic E-state index is 6.05. The number of likely N-dealkylation sites (tertiary alicyclic amines) is 1. The molecule has 1 aromatic rings. The van der Waals surface area contributed by atoms with Gasteiger partial charge in [-0.2, -0.15) is 0 Å². The summed E-state index contributed by atoms with van der Waals surface area (Å²) in [4.78, 5) is 2.53. The van der Waals surface area contributed by atoms with Crippen LogP contribution in [0, 0.1) is 0 Å². The molecule has 2 N–H and O–H groups in total. The molecule has 1 saturated heterocycles. The summed E-state index contributed by atoms with van der Waals surface area (Å²) >= 11 is 3.65. The van der Waals surface area contributed by atoms with Crippen LogP contribution in [0.15, 0.2) is 22.7 Å². The summed E-state index contributed by atoms with van der Waals surface area (Å²) in [5, 5.41) is 0. The summed E-state index contributed by atoms with van der Waals surface area (Å²) in [6.45, 7) is 4.07. The van der Waals surface area contributed by atoms with Crippen molar-refractivity contribution < 1.29 is 4.74 Å². The van der Waals surface area contributed by atoms with Crippen LogP contribution in [0.25, 0.3) is 0 Å². The average Bonchev–Trinajstić information content (AvgIpc) is 2.43. The van der Waals surface area contributed by atoms with Crippen LogP contribution >= 0.6 is 15.9 Å². The molecule has 2 rings (SSSR count). The molecule has 19 heavy (non-hydrogen) atoms. The summed E-state index contributed by atoms with van der Waals surface area (Å²) in [7, 11) is 1.70. The highest BCUT2D eigenvalue weighted by atomic mass is 79.9. The van der Waals surface area contributed by atoms with Crippen molar-refractivity contribution >= 4 is 15.9 Å². The zero-order valence-electron chi connectivity index (χ0n) is 11.7. The van der Waals surface area contributed by atoms with Gasteiger partial charge in [0.15, 0.2) is 0 Å². The highest BCUT2D eigenvalue weighted by Gasteiger charge is 2.27. The molecule has 1 fully saturated rings. The predicted molar refractivity (Wildman–Crippen MR) is 82.5 cm³/mol. The van der Waals surface area contributed by atoms with Crippen LogP contribution in [0.5, 0.6) is 5.75 Å². The molecule has 1 aliphatic rings. The molecule has 106 valence electrons. The first kappa shape index (κ1) is 14.8. The molecule has 2 unspecified atom stereocenters. The fraction of sp³-hybridized carbons (Fsp3) is 0.600. The Labute approximate surface area is 124 Å². The molecule has 1 heterocycles. The van der Waals surface area contributed by atoms with E-state index in [2.05, 4.69) is 33.8 Å². The quantitative estimate of drug-likeness (QED) is 0.922. The Bertz CT molecular complexity index is 425. The Hall–Kier alpha value is -0.580. The summed E-state index contributed by atoms with van der Waals surface area (Å²) in [5.74, 6) is 0.890. The van der Waals surface area contributed by atoms with Crippen LogP contribution in [0.1, 0.15) is 37.8 Å². The van der Waals surface area contributed by atoms with E-state index < -0.39 is 0 Å². The van der Waals surface area contributed by atoms with E-state index in [0.717, 1.165) is 16.8 Å². The summed E-state index contributed by atoms with van der Waals surface area (Å²) in [5.41, 5.74) is 7.29. The smallest absolute Gasteiger partial charge is 0.119 e. The molecule has 1 aliphatic heterocycles. The van der Waals surface area contributed by atoms with Crippen molar-refractivity contribution in [3.63, 3.8) is 0 Å². The minimum absolute atomic E-state index is 0.264. The van der Waals surface area contributed by atoms with E-state index >= 15 is 0 Å². The van der Waals surface area contributed by atoms with Gasteiger partial charge in [-0.1, -0.05) is 22.4 Å². The Morgan fingerprint density at radius 2 is 2.26 bits per heavy atom. The summed E-state index contributed by atoms with van der Waals surface area (Å²) < 4.78 is 6.45. The van der Waals surface area contributed by atoms with Crippen molar-refractivity contribution in [2.24, 2.45) is 5.73 Å². The van der Waals surface area contributed by atoms with Gasteiger partial charge in [-0.05, 0) is 50.1 Å². The van der Waals surface area contributed by atoms with E-state index in [1.807, 2.05) is 12.1 Å². The van der Waals surface area contributed by atoms with Gasteiger partial charge in [-0.25, -0.2) is 0 Å². The highest BCUT2D eigenvalue weighted by Crippen LogP contribution is 2.34. The lowest BCUT2D eigenvalue weighted by Crippen LogP contribution is -2.43. The molecular weight excluding hydrogens is 304 g/mol. The second kappa shape index (κ2) is 6.73. The van der Waals surface area contributed by atoms with E-state index in [1.165, 1.54) is 24.8 Å². The zero-order chi connectivity index (χ0) is 13.8. The van der Waals surface area contributed by atoms with E-state index in [0.29, 0.717) is 12.6 Å². The Morgan fingerprint density at radius 1 is 1.47 bits per heavy atom. The van der Waals surface area contributed by atoms with E-state index in [1.54, 1.807) is 7.11 Å². The van der Waals surface area contributed by atoms with Crippen molar-refractivity contribution in [2.75, 3.05) is 20.2 Å². The molecule has 0 aliphatic carbocycles. The van der Waals surface area contributed by atoms with Crippen molar-refractivity contribution in [3.05, 3.63) is 28.2 Å². The van der Waals surface area contributed by atoms with E-state index in [-0.39, 0.29) is 6.04 Å². The topological polar surface area (TPSA) is 38.5 Å². The van der Waals surface area contributed by atoms with E-state index in [9.17, 15) is 0 Å². The lowest BCUT2D eigenvalue weighted by molar-refractivity contribution is 0.108. The van der Waals surface area contributed by atoms with Gasteiger partial charge < -0.3 is 10.5 Å². The van der Waals surface area contributed by atoms with Crippen LogP contribution in [-0.4, -0.2) is 31.1 Å². The van der Waals surface area contributed by atoms with Crippen LogP contribution in [0.3, 0.4) is 0 Å². The number of nitrogens with two attached hydrogens (primary N) is 1. The standard InChI is InChI=1S/C15H23BrN2O/c1-11-5-3-4-8-18(11)15(10-17)13-9-12(19-2)6-7-14(13)16/h6-7,9,11,15H,3-5,8,10,17H2,1-2H3. The van der Waals surface area contributed by atoms with Crippen molar-refractivity contribution in [1.82, 2.24) is 4.90 Å². The molecule has 0 saturated carbocycles. The largest absolute Gasteiger partial charge is 0.497 e. The monoisotopic (exact) mass is 326 g/mol. The van der Waals surface area contributed by atoms with Gasteiger partial charge in [-0.3, -0.25) is 4.90 Å². The third kappa shape index (κ3) is 3.30. The number of halogens is 1. The van der Waals surface area contributed by atoms with Gasteiger partial charge in [0.2, 0.25) is 0 Å². The fourth-order valence-electron chi connectivity index (χ4n) is 2.93. The molecule has 2 atom stereocenters. The maximum absolute atomic E-state index is 6.05. The average molecular weight is 327 g/mol. The third-order valence-electron chi connectivity index (χ3n) is 4.04. The SMILES string of the molecule is COc1ccc(Br)c(C(CN)N2CCCCC2C)c1. The Kier molecular flexibility index (Phi) is 5.25. The first-order chi connectivity index (χ1) is 9.17. The van der Waals surface area contributed by atoms with Crippen LogP contribution < -0.4 is 10.5 Å².